The molecule has 1 N–H and O–H groups in total. The van der Waals surface area contributed by atoms with E-state index >= 15 is 0 Å². The van der Waals surface area contributed by atoms with Crippen molar-refractivity contribution in [3.8, 4) is 5.69 Å². The van der Waals surface area contributed by atoms with Crippen LogP contribution < -0.4 is 10.2 Å². The van der Waals surface area contributed by atoms with E-state index < -0.39 is 23.3 Å². The third kappa shape index (κ3) is 3.88. The summed E-state index contributed by atoms with van der Waals surface area (Å²) in [6, 6.07) is 9.56. The molecule has 2 aromatic heterocycles. The van der Waals surface area contributed by atoms with Crippen LogP contribution in [0.1, 0.15) is 25.7 Å². The molecule has 3 aromatic rings. The van der Waals surface area contributed by atoms with Crippen LogP contribution in [-0.4, -0.2) is 44.8 Å². The Morgan fingerprint density at radius 2 is 1.94 bits per heavy atom. The SMILES string of the molecule is O=C1OC2(CCC(CNc3nn(-c4ccccc4F)cc3F)CC2)CN1c1cccnn1. The number of benzene rings is 1. The lowest BCUT2D eigenvalue weighted by molar-refractivity contribution is 0.0148. The van der Waals surface area contributed by atoms with Gasteiger partial charge in [0, 0.05) is 12.7 Å². The van der Waals surface area contributed by atoms with Crippen molar-refractivity contribution < 1.29 is 18.3 Å². The third-order valence-corrected chi connectivity index (χ3v) is 6.15. The van der Waals surface area contributed by atoms with E-state index in [1.54, 1.807) is 36.5 Å². The van der Waals surface area contributed by atoms with Gasteiger partial charge in [0.25, 0.3) is 0 Å². The molecule has 8 nitrogen and oxygen atoms in total. The first kappa shape index (κ1) is 20.3. The Kier molecular flexibility index (Phi) is 5.20. The number of para-hydroxylation sites is 1. The number of carbonyl (C=O) groups excluding carboxylic acids is 1. The van der Waals surface area contributed by atoms with Crippen molar-refractivity contribution in [3.05, 3.63) is 60.4 Å². The molecule has 1 saturated heterocycles. The fourth-order valence-electron chi connectivity index (χ4n) is 4.38. The van der Waals surface area contributed by atoms with Crippen LogP contribution in [0.5, 0.6) is 0 Å². The summed E-state index contributed by atoms with van der Waals surface area (Å²) < 4.78 is 35.2. The van der Waals surface area contributed by atoms with Crippen LogP contribution in [-0.2, 0) is 4.74 Å². The van der Waals surface area contributed by atoms with Gasteiger partial charge in [-0.05, 0) is 55.9 Å². The van der Waals surface area contributed by atoms with Gasteiger partial charge < -0.3 is 10.1 Å². The summed E-state index contributed by atoms with van der Waals surface area (Å²) in [6.45, 7) is 0.982. The van der Waals surface area contributed by atoms with E-state index in [0.29, 0.717) is 31.7 Å². The predicted octanol–water partition coefficient (Wildman–Crippen LogP) is 3.94. The van der Waals surface area contributed by atoms with Gasteiger partial charge in [-0.1, -0.05) is 12.1 Å². The van der Waals surface area contributed by atoms with Crippen molar-refractivity contribution in [3.63, 3.8) is 0 Å². The Bertz CT molecular complexity index is 1110. The fourth-order valence-corrected chi connectivity index (χ4v) is 4.38. The quantitative estimate of drug-likeness (QED) is 0.647. The lowest BCUT2D eigenvalue weighted by Crippen LogP contribution is -2.39. The molecule has 1 spiro atoms. The number of amides is 1. The predicted molar refractivity (Wildman–Crippen MR) is 113 cm³/mol. The van der Waals surface area contributed by atoms with Crippen molar-refractivity contribution >= 4 is 17.7 Å². The van der Waals surface area contributed by atoms with Crippen LogP contribution in [0, 0.1) is 17.6 Å². The van der Waals surface area contributed by atoms with Crippen LogP contribution in [0.3, 0.4) is 0 Å². The van der Waals surface area contributed by atoms with E-state index in [-0.39, 0.29) is 17.4 Å². The van der Waals surface area contributed by atoms with Crippen LogP contribution in [0.4, 0.5) is 25.2 Å². The molecule has 0 atom stereocenters. The zero-order valence-electron chi connectivity index (χ0n) is 17.2. The fraction of sp³-hybridized carbons (Fsp3) is 0.364. The topological polar surface area (TPSA) is 85.2 Å². The minimum atomic E-state index is -0.537. The van der Waals surface area contributed by atoms with Gasteiger partial charge in [0.15, 0.2) is 17.5 Å². The molecule has 166 valence electrons. The summed E-state index contributed by atoms with van der Waals surface area (Å²) in [4.78, 5) is 13.9. The Labute approximate surface area is 183 Å². The van der Waals surface area contributed by atoms with Gasteiger partial charge in [0.1, 0.15) is 17.1 Å². The number of aromatic nitrogens is 4. The van der Waals surface area contributed by atoms with Crippen LogP contribution in [0.15, 0.2) is 48.8 Å². The highest BCUT2D eigenvalue weighted by Gasteiger charge is 2.48. The van der Waals surface area contributed by atoms with Crippen molar-refractivity contribution in [1.29, 1.82) is 0 Å². The molecule has 2 aliphatic rings. The van der Waals surface area contributed by atoms with E-state index in [4.69, 9.17) is 4.74 Å². The Morgan fingerprint density at radius 3 is 2.69 bits per heavy atom. The van der Waals surface area contributed by atoms with Crippen LogP contribution >= 0.6 is 0 Å². The number of ether oxygens (including phenoxy) is 1. The van der Waals surface area contributed by atoms with Crippen molar-refractivity contribution in [2.24, 2.45) is 5.92 Å². The first-order chi connectivity index (χ1) is 15.5. The smallest absolute Gasteiger partial charge is 0.416 e. The molecule has 1 aliphatic carbocycles. The van der Waals surface area contributed by atoms with E-state index in [1.165, 1.54) is 15.6 Å². The van der Waals surface area contributed by atoms with Gasteiger partial charge in [-0.3, -0.25) is 4.90 Å². The zero-order chi connectivity index (χ0) is 22.1. The van der Waals surface area contributed by atoms with E-state index in [1.807, 2.05) is 0 Å². The molecule has 5 rings (SSSR count). The molecule has 32 heavy (non-hydrogen) atoms. The molecular weight excluding hydrogens is 418 g/mol. The van der Waals surface area contributed by atoms with E-state index in [9.17, 15) is 13.6 Å². The molecule has 10 heteroatoms. The van der Waals surface area contributed by atoms with Crippen molar-refractivity contribution in [1.82, 2.24) is 20.0 Å². The molecule has 1 aliphatic heterocycles. The highest BCUT2D eigenvalue weighted by molar-refractivity contribution is 5.89. The van der Waals surface area contributed by atoms with Crippen LogP contribution in [0.25, 0.3) is 5.69 Å². The number of rotatable bonds is 5. The lowest BCUT2D eigenvalue weighted by Gasteiger charge is -2.35. The summed E-state index contributed by atoms with van der Waals surface area (Å²) in [5, 5.41) is 15.0. The number of nitrogens with one attached hydrogen (secondary N) is 1. The Morgan fingerprint density at radius 1 is 1.12 bits per heavy atom. The summed E-state index contributed by atoms with van der Waals surface area (Å²) in [5.41, 5.74) is -0.335. The van der Waals surface area contributed by atoms with Gasteiger partial charge in [-0.2, -0.15) is 5.10 Å². The summed E-state index contributed by atoms with van der Waals surface area (Å²) in [6.07, 6.45) is 5.40. The maximum absolute atomic E-state index is 14.3. The average molecular weight is 440 g/mol. The molecule has 2 fully saturated rings. The van der Waals surface area contributed by atoms with Gasteiger partial charge in [0.05, 0.1) is 12.7 Å². The number of anilines is 2. The Balaban J connectivity index is 1.18. The number of nitrogens with zero attached hydrogens (tertiary/aromatic N) is 5. The first-order valence-electron chi connectivity index (χ1n) is 10.6. The average Bonchev–Trinajstić information content (AvgIpc) is 3.34. The second kappa shape index (κ2) is 8.18. The molecule has 0 unspecified atom stereocenters. The number of carbonyl (C=O) groups is 1. The molecule has 3 heterocycles. The van der Waals surface area contributed by atoms with E-state index in [0.717, 1.165) is 19.0 Å². The zero-order valence-corrected chi connectivity index (χ0v) is 17.2. The molecule has 0 bridgehead atoms. The van der Waals surface area contributed by atoms with Crippen molar-refractivity contribution in [2.75, 3.05) is 23.3 Å². The van der Waals surface area contributed by atoms with Gasteiger partial charge in [-0.25, -0.2) is 18.3 Å². The minimum Gasteiger partial charge on any atom is -0.441 e. The normalized spacial score (nSPS) is 22.9. The van der Waals surface area contributed by atoms with Gasteiger partial charge in [0.2, 0.25) is 0 Å². The molecule has 0 radical (unpaired) electrons. The first-order valence-corrected chi connectivity index (χ1v) is 10.6. The van der Waals surface area contributed by atoms with Crippen molar-refractivity contribution in [2.45, 2.75) is 31.3 Å². The molecular formula is C22H22F2N6O2. The number of halogens is 2. The maximum Gasteiger partial charge on any atom is 0.416 e. The summed E-state index contributed by atoms with van der Waals surface area (Å²) >= 11 is 0. The molecule has 1 aromatic carbocycles. The molecule has 1 amide bonds. The second-order valence-electron chi connectivity index (χ2n) is 8.26. The number of hydrogen-bond donors (Lipinski definition) is 1. The number of hydrogen-bond acceptors (Lipinski definition) is 6. The standard InChI is InChI=1S/C22H22F2N6O2/c23-16-4-1-2-5-18(16)30-13-17(24)20(28-30)25-12-15-7-9-22(10-8-15)14-29(21(31)32-22)19-6-3-11-26-27-19/h1-6,11,13,15H,7-10,12,14H2,(H,25,28). The van der Waals surface area contributed by atoms with Gasteiger partial charge in [-0.15, -0.1) is 10.2 Å². The summed E-state index contributed by atoms with van der Waals surface area (Å²) in [5.74, 6) is -0.151. The monoisotopic (exact) mass is 440 g/mol. The van der Waals surface area contributed by atoms with E-state index in [2.05, 4.69) is 20.6 Å². The third-order valence-electron chi connectivity index (χ3n) is 6.15. The summed E-state index contributed by atoms with van der Waals surface area (Å²) in [7, 11) is 0. The highest BCUT2D eigenvalue weighted by Crippen LogP contribution is 2.40. The highest BCUT2D eigenvalue weighted by atomic mass is 19.1. The second-order valence-corrected chi connectivity index (χ2v) is 8.26. The Hall–Kier alpha value is -3.56. The maximum atomic E-state index is 14.3. The van der Waals surface area contributed by atoms with Gasteiger partial charge >= 0.3 is 6.09 Å². The lowest BCUT2D eigenvalue weighted by atomic mass is 9.78. The minimum absolute atomic E-state index is 0.0923. The largest absolute Gasteiger partial charge is 0.441 e. The molecule has 1 saturated carbocycles. The van der Waals surface area contributed by atoms with Crippen LogP contribution in [0.2, 0.25) is 0 Å².